The van der Waals surface area contributed by atoms with Crippen LogP contribution >= 0.6 is 0 Å². The third-order valence-electron chi connectivity index (χ3n) is 3.79. The number of nitrogens with zero attached hydrogens (tertiary/aromatic N) is 2. The van der Waals surface area contributed by atoms with Crippen molar-refractivity contribution < 1.29 is 9.59 Å². The van der Waals surface area contributed by atoms with Crippen LogP contribution < -0.4 is 16.3 Å². The van der Waals surface area contributed by atoms with E-state index < -0.39 is 0 Å². The van der Waals surface area contributed by atoms with Gasteiger partial charge in [-0.25, -0.2) is 9.66 Å². The molecule has 26 heavy (non-hydrogen) atoms. The number of rotatable bonds is 6. The predicted molar refractivity (Wildman–Crippen MR) is 98.1 cm³/mol. The molecule has 1 aromatic heterocycles. The molecule has 2 N–H and O–H groups in total. The first-order valence-electron chi connectivity index (χ1n) is 8.20. The van der Waals surface area contributed by atoms with Crippen molar-refractivity contribution in [2.45, 2.75) is 12.8 Å². The molecule has 0 saturated carbocycles. The molecular weight excluding hydrogens is 332 g/mol. The van der Waals surface area contributed by atoms with Gasteiger partial charge in [0.15, 0.2) is 0 Å². The van der Waals surface area contributed by atoms with Crippen molar-refractivity contribution in [1.29, 1.82) is 0 Å². The highest BCUT2D eigenvalue weighted by atomic mass is 16.2. The monoisotopic (exact) mass is 350 g/mol. The van der Waals surface area contributed by atoms with E-state index in [1.54, 1.807) is 24.3 Å². The van der Waals surface area contributed by atoms with Crippen LogP contribution in [0.3, 0.4) is 0 Å². The van der Waals surface area contributed by atoms with Crippen molar-refractivity contribution in [3.63, 3.8) is 0 Å². The van der Waals surface area contributed by atoms with E-state index in [1.165, 1.54) is 6.33 Å². The number of hydrogen-bond acceptors (Lipinski definition) is 4. The first kappa shape index (κ1) is 17.3. The Morgan fingerprint density at radius 1 is 0.962 bits per heavy atom. The smallest absolute Gasteiger partial charge is 0.280 e. The summed E-state index contributed by atoms with van der Waals surface area (Å²) >= 11 is 0. The second-order valence-corrected chi connectivity index (χ2v) is 5.73. The zero-order valence-electron chi connectivity index (χ0n) is 14.0. The minimum atomic E-state index is -0.385. The molecule has 2 amide bonds. The highest BCUT2D eigenvalue weighted by Gasteiger charge is 2.08. The maximum Gasteiger partial charge on any atom is 0.280 e. The lowest BCUT2D eigenvalue weighted by Crippen LogP contribution is -2.35. The van der Waals surface area contributed by atoms with Gasteiger partial charge in [-0.15, -0.1) is 0 Å². The van der Waals surface area contributed by atoms with E-state index in [-0.39, 0.29) is 36.8 Å². The lowest BCUT2D eigenvalue weighted by atomic mass is 10.1. The van der Waals surface area contributed by atoms with Gasteiger partial charge in [-0.3, -0.25) is 19.8 Å². The van der Waals surface area contributed by atoms with Gasteiger partial charge >= 0.3 is 0 Å². The molecular formula is C19H18N4O3. The van der Waals surface area contributed by atoms with Gasteiger partial charge in [0, 0.05) is 13.0 Å². The van der Waals surface area contributed by atoms with Crippen LogP contribution in [0.25, 0.3) is 10.9 Å². The lowest BCUT2D eigenvalue weighted by Gasteiger charge is -2.09. The summed E-state index contributed by atoms with van der Waals surface area (Å²) in [5, 5.41) is 3.11. The minimum absolute atomic E-state index is 0.0554. The topological polar surface area (TPSA) is 93.1 Å². The summed E-state index contributed by atoms with van der Waals surface area (Å²) in [4.78, 5) is 40.3. The van der Waals surface area contributed by atoms with E-state index >= 15 is 0 Å². The summed E-state index contributed by atoms with van der Waals surface area (Å²) in [7, 11) is 0. The first-order chi connectivity index (χ1) is 12.6. The highest BCUT2D eigenvalue weighted by Crippen LogP contribution is 2.04. The maximum atomic E-state index is 12.3. The lowest BCUT2D eigenvalue weighted by molar-refractivity contribution is -0.120. The average molecular weight is 350 g/mol. The molecule has 0 aliphatic rings. The van der Waals surface area contributed by atoms with Crippen molar-refractivity contribution >= 4 is 22.7 Å². The normalized spacial score (nSPS) is 10.5. The van der Waals surface area contributed by atoms with Crippen LogP contribution in [0.15, 0.2) is 65.7 Å². The number of carbonyl (C=O) groups is 2. The molecule has 0 saturated heterocycles. The van der Waals surface area contributed by atoms with Gasteiger partial charge in [0.1, 0.15) is 6.33 Å². The highest BCUT2D eigenvalue weighted by molar-refractivity contribution is 5.85. The molecule has 7 nitrogen and oxygen atoms in total. The predicted octanol–water partition coefficient (Wildman–Crippen LogP) is 1.22. The van der Waals surface area contributed by atoms with Crippen molar-refractivity contribution in [2.24, 2.45) is 0 Å². The van der Waals surface area contributed by atoms with E-state index in [4.69, 9.17) is 0 Å². The van der Waals surface area contributed by atoms with Gasteiger partial charge in [-0.1, -0.05) is 42.5 Å². The second kappa shape index (κ2) is 8.06. The number of hydrogen-bond donors (Lipinski definition) is 2. The summed E-state index contributed by atoms with van der Waals surface area (Å²) in [6.45, 7) is 0.188. The average Bonchev–Trinajstić information content (AvgIpc) is 2.65. The van der Waals surface area contributed by atoms with Gasteiger partial charge in [0.2, 0.25) is 11.8 Å². The van der Waals surface area contributed by atoms with Crippen LogP contribution in [-0.2, 0) is 16.0 Å². The number of para-hydroxylation sites is 1. The molecule has 0 atom stereocenters. The van der Waals surface area contributed by atoms with Crippen LogP contribution in [-0.4, -0.2) is 28.0 Å². The fourth-order valence-corrected chi connectivity index (χ4v) is 2.50. The number of fused-ring (bicyclic) bond motifs is 1. The molecule has 0 bridgehead atoms. The third kappa shape index (κ3) is 4.32. The standard InChI is InChI=1S/C19H18N4O3/c24-17(10-11-20-18(25)12-14-6-2-1-3-7-14)22-23-13-21-16-9-5-4-8-15(16)19(23)26/h1-9,13H,10-12H2,(H,20,25)(H,22,24). The Labute approximate surface area is 149 Å². The third-order valence-corrected chi connectivity index (χ3v) is 3.79. The fourth-order valence-electron chi connectivity index (χ4n) is 2.50. The van der Waals surface area contributed by atoms with Crippen LogP contribution in [0.5, 0.6) is 0 Å². The molecule has 0 aliphatic heterocycles. The Morgan fingerprint density at radius 3 is 2.50 bits per heavy atom. The van der Waals surface area contributed by atoms with E-state index in [1.807, 2.05) is 30.3 Å². The number of aromatic nitrogens is 2. The maximum absolute atomic E-state index is 12.3. The van der Waals surface area contributed by atoms with Crippen molar-refractivity contribution in [3.05, 3.63) is 76.8 Å². The second-order valence-electron chi connectivity index (χ2n) is 5.73. The van der Waals surface area contributed by atoms with E-state index in [2.05, 4.69) is 15.7 Å². The minimum Gasteiger partial charge on any atom is -0.355 e. The zero-order chi connectivity index (χ0) is 18.4. The van der Waals surface area contributed by atoms with Crippen LogP contribution in [0.4, 0.5) is 0 Å². The van der Waals surface area contributed by atoms with E-state index in [0.29, 0.717) is 10.9 Å². The fraction of sp³-hybridized carbons (Fsp3) is 0.158. The molecule has 7 heteroatoms. The Kier molecular flexibility index (Phi) is 5.38. The number of amides is 2. The van der Waals surface area contributed by atoms with Crippen molar-refractivity contribution in [2.75, 3.05) is 12.0 Å². The summed E-state index contributed by atoms with van der Waals surface area (Å²) in [6, 6.07) is 16.3. The zero-order valence-corrected chi connectivity index (χ0v) is 14.0. The van der Waals surface area contributed by atoms with Gasteiger partial charge in [-0.05, 0) is 17.7 Å². The van der Waals surface area contributed by atoms with E-state index in [9.17, 15) is 14.4 Å². The molecule has 0 aliphatic carbocycles. The van der Waals surface area contributed by atoms with Crippen LogP contribution in [0, 0.1) is 0 Å². The number of nitrogens with one attached hydrogen (secondary N) is 2. The molecule has 132 valence electrons. The van der Waals surface area contributed by atoms with Gasteiger partial charge in [0.05, 0.1) is 17.3 Å². The molecule has 3 aromatic rings. The Balaban J connectivity index is 1.51. The largest absolute Gasteiger partial charge is 0.355 e. The van der Waals surface area contributed by atoms with Crippen molar-refractivity contribution in [3.8, 4) is 0 Å². The number of benzene rings is 2. The summed E-state index contributed by atoms with van der Waals surface area (Å²) < 4.78 is 1.05. The van der Waals surface area contributed by atoms with Crippen LogP contribution in [0.1, 0.15) is 12.0 Å². The van der Waals surface area contributed by atoms with Crippen molar-refractivity contribution in [1.82, 2.24) is 15.0 Å². The van der Waals surface area contributed by atoms with E-state index in [0.717, 1.165) is 10.2 Å². The van der Waals surface area contributed by atoms with Crippen LogP contribution in [0.2, 0.25) is 0 Å². The first-order valence-corrected chi connectivity index (χ1v) is 8.20. The Bertz CT molecular complexity index is 983. The Morgan fingerprint density at radius 2 is 1.69 bits per heavy atom. The summed E-state index contributed by atoms with van der Waals surface area (Å²) in [5.74, 6) is -0.544. The Hall–Kier alpha value is -3.48. The van der Waals surface area contributed by atoms with Gasteiger partial charge < -0.3 is 5.32 Å². The molecule has 0 unspecified atom stereocenters. The summed E-state index contributed by atoms with van der Waals surface area (Å²) in [6.07, 6.45) is 1.59. The molecule has 0 spiro atoms. The molecule has 1 heterocycles. The molecule has 2 aromatic carbocycles. The van der Waals surface area contributed by atoms with Gasteiger partial charge in [-0.2, -0.15) is 0 Å². The molecule has 3 rings (SSSR count). The molecule has 0 radical (unpaired) electrons. The van der Waals surface area contributed by atoms with Gasteiger partial charge in [0.25, 0.3) is 5.56 Å². The number of carbonyl (C=O) groups excluding carboxylic acids is 2. The quantitative estimate of drug-likeness (QED) is 0.699. The summed E-state index contributed by atoms with van der Waals surface area (Å²) in [5.41, 5.74) is 3.60. The SMILES string of the molecule is O=C(Cc1ccccc1)NCCC(=O)Nn1cnc2ccccc2c1=O. The molecule has 0 fully saturated rings.